The van der Waals surface area contributed by atoms with Crippen molar-refractivity contribution in [2.75, 3.05) is 7.05 Å². The highest BCUT2D eigenvalue weighted by Crippen LogP contribution is 2.30. The Balaban J connectivity index is 2.16. The summed E-state index contributed by atoms with van der Waals surface area (Å²) in [5, 5.41) is 7.16. The van der Waals surface area contributed by atoms with Crippen LogP contribution in [0.4, 0.5) is 0 Å². The molecular formula is C12H14BrN3O. The minimum Gasteiger partial charge on any atom is -0.453 e. The fraction of sp³-hybridized carbons (Fsp3) is 0.250. The molecule has 0 bridgehead atoms. The highest BCUT2D eigenvalue weighted by molar-refractivity contribution is 9.10. The number of ether oxygens (including phenoxy) is 1. The van der Waals surface area contributed by atoms with Crippen molar-refractivity contribution in [3.8, 4) is 11.5 Å². The summed E-state index contributed by atoms with van der Waals surface area (Å²) in [6.07, 6.45) is 3.52. The predicted molar refractivity (Wildman–Crippen MR) is 70.2 cm³/mol. The highest BCUT2D eigenvalue weighted by atomic mass is 79.9. The van der Waals surface area contributed by atoms with Crippen LogP contribution in [0.2, 0.25) is 0 Å². The van der Waals surface area contributed by atoms with E-state index in [2.05, 4.69) is 26.3 Å². The maximum atomic E-state index is 5.71. The first-order valence-electron chi connectivity index (χ1n) is 5.28. The molecule has 0 radical (unpaired) electrons. The van der Waals surface area contributed by atoms with E-state index in [4.69, 9.17) is 4.74 Å². The lowest BCUT2D eigenvalue weighted by molar-refractivity contribution is 0.478. The van der Waals surface area contributed by atoms with Gasteiger partial charge >= 0.3 is 0 Å². The topological polar surface area (TPSA) is 39.1 Å². The van der Waals surface area contributed by atoms with Crippen LogP contribution in [0.1, 0.15) is 5.56 Å². The van der Waals surface area contributed by atoms with Gasteiger partial charge in [-0.2, -0.15) is 5.10 Å². The van der Waals surface area contributed by atoms with Crippen molar-refractivity contribution >= 4 is 15.9 Å². The van der Waals surface area contributed by atoms with Crippen molar-refractivity contribution in [1.82, 2.24) is 15.1 Å². The number of benzene rings is 1. The Morgan fingerprint density at radius 3 is 2.88 bits per heavy atom. The van der Waals surface area contributed by atoms with Crippen molar-refractivity contribution in [3.05, 3.63) is 40.6 Å². The molecule has 0 atom stereocenters. The van der Waals surface area contributed by atoms with Gasteiger partial charge in [-0.3, -0.25) is 4.68 Å². The van der Waals surface area contributed by atoms with Crippen LogP contribution in [0, 0.1) is 0 Å². The number of aromatic nitrogens is 2. The van der Waals surface area contributed by atoms with E-state index in [1.54, 1.807) is 10.9 Å². The summed E-state index contributed by atoms with van der Waals surface area (Å²) in [4.78, 5) is 0. The van der Waals surface area contributed by atoms with Gasteiger partial charge in [-0.05, 0) is 40.7 Å². The molecule has 1 aromatic heterocycles. The Bertz CT molecular complexity index is 510. The molecule has 1 aromatic carbocycles. The van der Waals surface area contributed by atoms with Crippen molar-refractivity contribution < 1.29 is 4.74 Å². The van der Waals surface area contributed by atoms with Crippen molar-refractivity contribution in [3.63, 3.8) is 0 Å². The summed E-state index contributed by atoms with van der Waals surface area (Å²) >= 11 is 3.50. The van der Waals surface area contributed by atoms with E-state index < -0.39 is 0 Å². The molecule has 0 aliphatic rings. The van der Waals surface area contributed by atoms with Crippen LogP contribution in [0.5, 0.6) is 11.5 Å². The molecule has 90 valence electrons. The zero-order valence-corrected chi connectivity index (χ0v) is 11.4. The molecular weight excluding hydrogens is 282 g/mol. The minimum absolute atomic E-state index is 0.731. The molecule has 1 N–H and O–H groups in total. The quantitative estimate of drug-likeness (QED) is 0.943. The zero-order valence-electron chi connectivity index (χ0n) is 9.77. The van der Waals surface area contributed by atoms with Crippen molar-refractivity contribution in [2.45, 2.75) is 6.54 Å². The molecule has 0 fully saturated rings. The maximum Gasteiger partial charge on any atom is 0.165 e. The molecule has 0 unspecified atom stereocenters. The summed E-state index contributed by atoms with van der Waals surface area (Å²) in [7, 11) is 3.78. The van der Waals surface area contributed by atoms with Crippen molar-refractivity contribution in [1.29, 1.82) is 0 Å². The third kappa shape index (κ3) is 3.08. The van der Waals surface area contributed by atoms with Crippen LogP contribution in [-0.2, 0) is 13.6 Å². The first-order valence-corrected chi connectivity index (χ1v) is 6.08. The number of hydrogen-bond donors (Lipinski definition) is 1. The smallest absolute Gasteiger partial charge is 0.165 e. The number of hydrogen-bond acceptors (Lipinski definition) is 3. The second-order valence-corrected chi connectivity index (χ2v) is 4.60. The van der Waals surface area contributed by atoms with Gasteiger partial charge in [-0.1, -0.05) is 6.07 Å². The van der Waals surface area contributed by atoms with Crippen LogP contribution in [-0.4, -0.2) is 16.8 Å². The lowest BCUT2D eigenvalue weighted by atomic mass is 10.2. The number of rotatable bonds is 4. The van der Waals surface area contributed by atoms with E-state index in [9.17, 15) is 0 Å². The fourth-order valence-corrected chi connectivity index (χ4v) is 2.03. The normalized spacial score (nSPS) is 10.5. The van der Waals surface area contributed by atoms with E-state index in [1.807, 2.05) is 38.5 Å². The van der Waals surface area contributed by atoms with Gasteiger partial charge in [-0.15, -0.1) is 0 Å². The van der Waals surface area contributed by atoms with Gasteiger partial charge in [0, 0.05) is 13.6 Å². The fourth-order valence-electron chi connectivity index (χ4n) is 1.52. The second kappa shape index (κ2) is 5.33. The lowest BCUT2D eigenvalue weighted by Gasteiger charge is -2.07. The summed E-state index contributed by atoms with van der Waals surface area (Å²) in [5.74, 6) is 1.52. The van der Waals surface area contributed by atoms with Crippen LogP contribution in [0.3, 0.4) is 0 Å². The Hall–Kier alpha value is -1.33. The Kier molecular flexibility index (Phi) is 3.81. The van der Waals surface area contributed by atoms with E-state index in [-0.39, 0.29) is 0 Å². The SMILES string of the molecule is CNCc1ccc(Oc2cnn(C)c2)c(Br)c1. The molecule has 1 heterocycles. The summed E-state index contributed by atoms with van der Waals surface area (Å²) < 4.78 is 8.36. The number of aryl methyl sites for hydroxylation is 1. The third-order valence-electron chi connectivity index (χ3n) is 2.29. The summed E-state index contributed by atoms with van der Waals surface area (Å²) in [5.41, 5.74) is 1.21. The summed E-state index contributed by atoms with van der Waals surface area (Å²) in [6, 6.07) is 6.03. The molecule has 4 nitrogen and oxygen atoms in total. The molecule has 0 saturated carbocycles. The van der Waals surface area contributed by atoms with Gasteiger partial charge in [-0.25, -0.2) is 0 Å². The molecule has 5 heteroatoms. The molecule has 0 amide bonds. The van der Waals surface area contributed by atoms with E-state index in [0.29, 0.717) is 0 Å². The molecule has 0 aliphatic heterocycles. The number of halogens is 1. The van der Waals surface area contributed by atoms with Crippen LogP contribution in [0.25, 0.3) is 0 Å². The van der Waals surface area contributed by atoms with Gasteiger partial charge in [0.1, 0.15) is 5.75 Å². The van der Waals surface area contributed by atoms with Crippen LogP contribution >= 0.6 is 15.9 Å². The van der Waals surface area contributed by atoms with E-state index in [1.165, 1.54) is 5.56 Å². The van der Waals surface area contributed by atoms with Gasteiger partial charge in [0.15, 0.2) is 5.75 Å². The lowest BCUT2D eigenvalue weighted by Crippen LogP contribution is -2.04. The van der Waals surface area contributed by atoms with Gasteiger partial charge in [0.25, 0.3) is 0 Å². The molecule has 0 aliphatic carbocycles. The number of nitrogens with zero attached hydrogens (tertiary/aromatic N) is 2. The average Bonchev–Trinajstić information content (AvgIpc) is 2.69. The Morgan fingerprint density at radius 2 is 2.29 bits per heavy atom. The number of nitrogens with one attached hydrogen (secondary N) is 1. The summed E-state index contributed by atoms with van der Waals surface area (Å²) in [6.45, 7) is 0.839. The first kappa shape index (κ1) is 12.1. The average molecular weight is 296 g/mol. The third-order valence-corrected chi connectivity index (χ3v) is 2.91. The van der Waals surface area contributed by atoms with Crippen molar-refractivity contribution in [2.24, 2.45) is 7.05 Å². The van der Waals surface area contributed by atoms with Gasteiger partial charge in [0.2, 0.25) is 0 Å². The second-order valence-electron chi connectivity index (χ2n) is 3.75. The molecule has 2 rings (SSSR count). The van der Waals surface area contributed by atoms with Crippen LogP contribution < -0.4 is 10.1 Å². The highest BCUT2D eigenvalue weighted by Gasteiger charge is 2.05. The minimum atomic E-state index is 0.731. The standard InChI is InChI=1S/C12H14BrN3O/c1-14-6-9-3-4-12(11(13)5-9)17-10-7-15-16(2)8-10/h3-5,7-8,14H,6H2,1-2H3. The maximum absolute atomic E-state index is 5.71. The monoisotopic (exact) mass is 295 g/mol. The van der Waals surface area contributed by atoms with Crippen LogP contribution in [0.15, 0.2) is 35.1 Å². The van der Waals surface area contributed by atoms with E-state index >= 15 is 0 Å². The van der Waals surface area contributed by atoms with Gasteiger partial charge in [0.05, 0.1) is 16.9 Å². The Labute approximate surface area is 109 Å². The molecule has 0 spiro atoms. The van der Waals surface area contributed by atoms with E-state index in [0.717, 1.165) is 22.5 Å². The van der Waals surface area contributed by atoms with Gasteiger partial charge < -0.3 is 10.1 Å². The molecule has 17 heavy (non-hydrogen) atoms. The molecule has 0 saturated heterocycles. The Morgan fingerprint density at radius 1 is 1.47 bits per heavy atom. The zero-order chi connectivity index (χ0) is 12.3. The first-order chi connectivity index (χ1) is 8.19. The predicted octanol–water partition coefficient (Wildman–Crippen LogP) is 2.69. The molecule has 2 aromatic rings. The largest absolute Gasteiger partial charge is 0.453 e.